The van der Waals surface area contributed by atoms with Gasteiger partial charge in [-0.3, -0.25) is 0 Å². The van der Waals surface area contributed by atoms with Crippen LogP contribution in [-0.4, -0.2) is 34.1 Å². The minimum absolute atomic E-state index is 0.222. The molecule has 0 aromatic carbocycles. The molecule has 2 N–H and O–H groups in total. The standard InChI is InChI=1S/C12H21N5O/c1-3-17(9-7-5-6-8-9)11-14-10(13)15-12(16-11)18-4-2/h9H,3-8H2,1-2H3,(H2,13,14,15,16). The first-order valence-electron chi connectivity index (χ1n) is 6.65. The van der Waals surface area contributed by atoms with E-state index in [1.54, 1.807) is 0 Å². The Bertz CT molecular complexity index is 392. The summed E-state index contributed by atoms with van der Waals surface area (Å²) >= 11 is 0. The fraction of sp³-hybridized carbons (Fsp3) is 0.750. The van der Waals surface area contributed by atoms with E-state index in [9.17, 15) is 0 Å². The number of nitrogen functional groups attached to an aromatic ring is 1. The second-order valence-corrected chi connectivity index (χ2v) is 4.43. The summed E-state index contributed by atoms with van der Waals surface area (Å²) in [6, 6.07) is 0.836. The van der Waals surface area contributed by atoms with E-state index in [-0.39, 0.29) is 5.95 Å². The molecule has 100 valence electrons. The van der Waals surface area contributed by atoms with Crippen molar-refractivity contribution in [3.8, 4) is 6.01 Å². The lowest BCUT2D eigenvalue weighted by Crippen LogP contribution is -2.34. The predicted octanol–water partition coefficient (Wildman–Crippen LogP) is 1.62. The fourth-order valence-electron chi connectivity index (χ4n) is 2.46. The number of nitrogens with zero attached hydrogens (tertiary/aromatic N) is 4. The number of rotatable bonds is 5. The van der Waals surface area contributed by atoms with Gasteiger partial charge in [0.25, 0.3) is 0 Å². The summed E-state index contributed by atoms with van der Waals surface area (Å²) in [6.07, 6.45) is 4.95. The number of ether oxygens (including phenoxy) is 1. The van der Waals surface area contributed by atoms with Gasteiger partial charge in [0, 0.05) is 12.6 Å². The molecule has 0 atom stereocenters. The van der Waals surface area contributed by atoms with E-state index in [1.807, 2.05) is 6.92 Å². The summed E-state index contributed by atoms with van der Waals surface area (Å²) in [7, 11) is 0. The SMILES string of the molecule is CCOc1nc(N)nc(N(CC)C2CCCC2)n1. The van der Waals surface area contributed by atoms with Gasteiger partial charge in [0.15, 0.2) is 0 Å². The lowest BCUT2D eigenvalue weighted by Gasteiger charge is -2.27. The summed E-state index contributed by atoms with van der Waals surface area (Å²) in [5.74, 6) is 0.861. The average molecular weight is 251 g/mol. The molecule has 0 amide bonds. The van der Waals surface area contributed by atoms with Gasteiger partial charge < -0.3 is 15.4 Å². The minimum Gasteiger partial charge on any atom is -0.464 e. The highest BCUT2D eigenvalue weighted by Crippen LogP contribution is 2.26. The van der Waals surface area contributed by atoms with E-state index in [0.717, 1.165) is 6.54 Å². The van der Waals surface area contributed by atoms with Crippen LogP contribution in [0.5, 0.6) is 6.01 Å². The summed E-state index contributed by atoms with van der Waals surface area (Å²) in [5, 5.41) is 0. The first kappa shape index (κ1) is 12.9. The van der Waals surface area contributed by atoms with E-state index in [1.165, 1.54) is 25.7 Å². The second kappa shape index (κ2) is 5.84. The number of anilines is 2. The van der Waals surface area contributed by atoms with Crippen molar-refractivity contribution in [1.82, 2.24) is 15.0 Å². The number of aromatic nitrogens is 3. The fourth-order valence-corrected chi connectivity index (χ4v) is 2.46. The van der Waals surface area contributed by atoms with Gasteiger partial charge in [0.05, 0.1) is 6.61 Å². The molecule has 18 heavy (non-hydrogen) atoms. The molecule has 0 saturated heterocycles. The van der Waals surface area contributed by atoms with Gasteiger partial charge in [-0.15, -0.1) is 0 Å². The molecule has 2 rings (SSSR count). The van der Waals surface area contributed by atoms with Crippen molar-refractivity contribution in [3.05, 3.63) is 0 Å². The van der Waals surface area contributed by atoms with Gasteiger partial charge in [-0.1, -0.05) is 12.8 Å². The van der Waals surface area contributed by atoms with E-state index in [0.29, 0.717) is 24.6 Å². The zero-order valence-electron chi connectivity index (χ0n) is 11.1. The molecule has 6 heteroatoms. The lowest BCUT2D eigenvalue weighted by molar-refractivity contribution is 0.312. The molecule has 1 fully saturated rings. The van der Waals surface area contributed by atoms with Crippen molar-refractivity contribution in [2.45, 2.75) is 45.6 Å². The number of hydrogen-bond acceptors (Lipinski definition) is 6. The van der Waals surface area contributed by atoms with Gasteiger partial charge >= 0.3 is 6.01 Å². The second-order valence-electron chi connectivity index (χ2n) is 4.43. The van der Waals surface area contributed by atoms with Crippen LogP contribution in [0.4, 0.5) is 11.9 Å². The predicted molar refractivity (Wildman–Crippen MR) is 70.7 cm³/mol. The van der Waals surface area contributed by atoms with Crippen molar-refractivity contribution >= 4 is 11.9 Å². The van der Waals surface area contributed by atoms with E-state index < -0.39 is 0 Å². The molecule has 1 aromatic rings. The van der Waals surface area contributed by atoms with Gasteiger partial charge in [-0.2, -0.15) is 15.0 Å². The Morgan fingerprint density at radius 2 is 1.94 bits per heavy atom. The maximum atomic E-state index is 5.71. The Kier molecular flexibility index (Phi) is 4.17. The van der Waals surface area contributed by atoms with Crippen molar-refractivity contribution < 1.29 is 4.74 Å². The van der Waals surface area contributed by atoms with Crippen molar-refractivity contribution in [2.24, 2.45) is 0 Å². The zero-order valence-corrected chi connectivity index (χ0v) is 11.1. The van der Waals surface area contributed by atoms with Crippen LogP contribution in [0.15, 0.2) is 0 Å². The molecule has 0 radical (unpaired) electrons. The Morgan fingerprint density at radius 1 is 1.22 bits per heavy atom. The van der Waals surface area contributed by atoms with Crippen LogP contribution in [0.25, 0.3) is 0 Å². The monoisotopic (exact) mass is 251 g/mol. The van der Waals surface area contributed by atoms with Crippen LogP contribution in [0, 0.1) is 0 Å². The third kappa shape index (κ3) is 2.80. The molecule has 1 aliphatic rings. The molecule has 0 bridgehead atoms. The van der Waals surface area contributed by atoms with Gasteiger partial charge in [-0.25, -0.2) is 0 Å². The molecular weight excluding hydrogens is 230 g/mol. The normalized spacial score (nSPS) is 15.9. The van der Waals surface area contributed by atoms with Crippen LogP contribution in [0.2, 0.25) is 0 Å². The van der Waals surface area contributed by atoms with Crippen LogP contribution >= 0.6 is 0 Å². The molecule has 0 unspecified atom stereocenters. The zero-order chi connectivity index (χ0) is 13.0. The van der Waals surface area contributed by atoms with Crippen LogP contribution in [0.3, 0.4) is 0 Å². The highest BCUT2D eigenvalue weighted by molar-refractivity contribution is 5.37. The quantitative estimate of drug-likeness (QED) is 0.857. The summed E-state index contributed by atoms with van der Waals surface area (Å²) in [5.41, 5.74) is 5.71. The topological polar surface area (TPSA) is 77.2 Å². The van der Waals surface area contributed by atoms with Crippen LogP contribution < -0.4 is 15.4 Å². The molecule has 0 spiro atoms. The number of hydrogen-bond donors (Lipinski definition) is 1. The summed E-state index contributed by atoms with van der Waals surface area (Å²) in [6.45, 7) is 5.41. The van der Waals surface area contributed by atoms with E-state index >= 15 is 0 Å². The summed E-state index contributed by atoms with van der Waals surface area (Å²) < 4.78 is 5.32. The average Bonchev–Trinajstić information content (AvgIpc) is 2.83. The third-order valence-electron chi connectivity index (χ3n) is 3.26. The Morgan fingerprint density at radius 3 is 2.56 bits per heavy atom. The Balaban J connectivity index is 2.23. The van der Waals surface area contributed by atoms with Gasteiger partial charge in [0.2, 0.25) is 11.9 Å². The molecule has 1 heterocycles. The molecule has 6 nitrogen and oxygen atoms in total. The molecule has 0 aliphatic heterocycles. The minimum atomic E-state index is 0.222. The van der Waals surface area contributed by atoms with Crippen molar-refractivity contribution in [2.75, 3.05) is 23.8 Å². The Hall–Kier alpha value is -1.59. The maximum absolute atomic E-state index is 5.71. The molecule has 1 saturated carbocycles. The smallest absolute Gasteiger partial charge is 0.323 e. The highest BCUT2D eigenvalue weighted by atomic mass is 16.5. The molecule has 1 aromatic heterocycles. The largest absolute Gasteiger partial charge is 0.464 e. The third-order valence-corrected chi connectivity index (χ3v) is 3.26. The molecule has 1 aliphatic carbocycles. The Labute approximate surface area is 108 Å². The molecular formula is C12H21N5O. The maximum Gasteiger partial charge on any atom is 0.323 e. The van der Waals surface area contributed by atoms with Crippen LogP contribution in [-0.2, 0) is 0 Å². The number of nitrogens with two attached hydrogens (primary N) is 1. The van der Waals surface area contributed by atoms with Crippen molar-refractivity contribution in [3.63, 3.8) is 0 Å². The van der Waals surface area contributed by atoms with E-state index in [2.05, 4.69) is 26.8 Å². The summed E-state index contributed by atoms with van der Waals surface area (Å²) in [4.78, 5) is 14.7. The first-order valence-corrected chi connectivity index (χ1v) is 6.65. The highest BCUT2D eigenvalue weighted by Gasteiger charge is 2.24. The van der Waals surface area contributed by atoms with Gasteiger partial charge in [0.1, 0.15) is 0 Å². The van der Waals surface area contributed by atoms with Crippen molar-refractivity contribution in [1.29, 1.82) is 0 Å². The lowest BCUT2D eigenvalue weighted by atomic mass is 10.2. The first-order chi connectivity index (χ1) is 8.74. The van der Waals surface area contributed by atoms with E-state index in [4.69, 9.17) is 10.5 Å². The van der Waals surface area contributed by atoms with Crippen LogP contribution in [0.1, 0.15) is 39.5 Å². The van der Waals surface area contributed by atoms with Gasteiger partial charge in [-0.05, 0) is 26.7 Å².